The Hall–Kier alpha value is -1.85. The van der Waals surface area contributed by atoms with Gasteiger partial charge in [0.2, 0.25) is 11.8 Å². The second-order valence-electron chi connectivity index (χ2n) is 4.98. The third kappa shape index (κ3) is 1.68. The van der Waals surface area contributed by atoms with Crippen molar-refractivity contribution in [3.05, 3.63) is 12.3 Å². The van der Waals surface area contributed by atoms with Crippen molar-refractivity contribution in [2.24, 2.45) is 11.8 Å². The van der Waals surface area contributed by atoms with E-state index < -0.39 is 0 Å². The Morgan fingerprint density at radius 2 is 1.89 bits per heavy atom. The largest absolute Gasteiger partial charge is 0.382 e. The summed E-state index contributed by atoms with van der Waals surface area (Å²) in [6, 6.07) is 1.70. The Kier molecular flexibility index (Phi) is 2.57. The zero-order valence-electron chi connectivity index (χ0n) is 10.1. The number of imide groups is 1. The maximum absolute atomic E-state index is 12.1. The maximum atomic E-state index is 12.1. The minimum atomic E-state index is -0.0554. The molecule has 2 fully saturated rings. The van der Waals surface area contributed by atoms with Crippen LogP contribution >= 0.6 is 0 Å². The summed E-state index contributed by atoms with van der Waals surface area (Å²) < 4.78 is 1.66. The van der Waals surface area contributed by atoms with Crippen molar-refractivity contribution in [1.82, 2.24) is 14.7 Å². The number of hydrogen-bond acceptors (Lipinski definition) is 4. The van der Waals surface area contributed by atoms with Gasteiger partial charge >= 0.3 is 0 Å². The Morgan fingerprint density at radius 1 is 1.22 bits per heavy atom. The molecule has 1 aromatic rings. The number of carbonyl (C=O) groups excluding carboxylic acids is 2. The van der Waals surface area contributed by atoms with Gasteiger partial charge in [0.15, 0.2) is 0 Å². The number of carbonyl (C=O) groups is 2. The summed E-state index contributed by atoms with van der Waals surface area (Å²) >= 11 is 0. The SMILES string of the molecule is Nc1ccn(CCN2C(=O)C3CCCC3C2=O)n1. The summed E-state index contributed by atoms with van der Waals surface area (Å²) in [5, 5.41) is 4.04. The van der Waals surface area contributed by atoms with Crippen LogP contribution in [0, 0.1) is 11.8 Å². The van der Waals surface area contributed by atoms with Gasteiger partial charge in [-0.1, -0.05) is 6.42 Å². The molecule has 2 unspecified atom stereocenters. The summed E-state index contributed by atoms with van der Waals surface area (Å²) in [5.41, 5.74) is 5.51. The maximum Gasteiger partial charge on any atom is 0.233 e. The van der Waals surface area contributed by atoms with Crippen LogP contribution in [0.4, 0.5) is 5.82 Å². The topological polar surface area (TPSA) is 81.2 Å². The van der Waals surface area contributed by atoms with E-state index in [4.69, 9.17) is 5.73 Å². The Balaban J connectivity index is 1.66. The highest BCUT2D eigenvalue weighted by atomic mass is 16.2. The molecule has 2 atom stereocenters. The van der Waals surface area contributed by atoms with Crippen LogP contribution in [0.2, 0.25) is 0 Å². The van der Waals surface area contributed by atoms with Crippen LogP contribution in [0.3, 0.4) is 0 Å². The highest BCUT2D eigenvalue weighted by molar-refractivity contribution is 6.05. The molecule has 1 aliphatic heterocycles. The number of likely N-dealkylation sites (tertiary alicyclic amines) is 1. The van der Waals surface area contributed by atoms with Gasteiger partial charge in [-0.05, 0) is 18.9 Å². The third-order valence-electron chi connectivity index (χ3n) is 3.90. The van der Waals surface area contributed by atoms with Crippen LogP contribution in [0.15, 0.2) is 12.3 Å². The van der Waals surface area contributed by atoms with E-state index in [1.54, 1.807) is 16.9 Å². The van der Waals surface area contributed by atoms with Crippen molar-refractivity contribution in [2.75, 3.05) is 12.3 Å². The molecular formula is C12H16N4O2. The number of nitrogens with zero attached hydrogens (tertiary/aromatic N) is 3. The first-order chi connectivity index (χ1) is 8.66. The minimum Gasteiger partial charge on any atom is -0.382 e. The summed E-state index contributed by atoms with van der Waals surface area (Å²) in [4.78, 5) is 25.5. The fraction of sp³-hybridized carbons (Fsp3) is 0.583. The Labute approximate surface area is 105 Å². The van der Waals surface area contributed by atoms with Crippen molar-refractivity contribution in [3.63, 3.8) is 0 Å². The standard InChI is InChI=1S/C12H16N4O2/c13-10-4-5-15(14-10)6-7-16-11(17)8-2-1-3-9(8)12(16)18/h4-5,8-9H,1-3,6-7H2,(H2,13,14). The van der Waals surface area contributed by atoms with E-state index >= 15 is 0 Å². The predicted molar refractivity (Wildman–Crippen MR) is 64.2 cm³/mol. The van der Waals surface area contributed by atoms with Gasteiger partial charge in [-0.15, -0.1) is 0 Å². The number of amides is 2. The lowest BCUT2D eigenvalue weighted by molar-refractivity contribution is -0.140. The molecule has 0 bridgehead atoms. The smallest absolute Gasteiger partial charge is 0.233 e. The minimum absolute atomic E-state index is 0.00243. The van der Waals surface area contributed by atoms with Crippen LogP contribution in [-0.4, -0.2) is 33.0 Å². The number of nitrogens with two attached hydrogens (primary N) is 1. The number of fused-ring (bicyclic) bond motifs is 1. The Bertz CT molecular complexity index is 474. The molecule has 2 aliphatic rings. The van der Waals surface area contributed by atoms with E-state index in [0.29, 0.717) is 18.9 Å². The molecule has 1 aliphatic carbocycles. The van der Waals surface area contributed by atoms with E-state index in [1.807, 2.05) is 0 Å². The number of rotatable bonds is 3. The molecule has 1 aromatic heterocycles. The van der Waals surface area contributed by atoms with Crippen molar-refractivity contribution >= 4 is 17.6 Å². The number of aromatic nitrogens is 2. The molecule has 0 spiro atoms. The summed E-state index contributed by atoms with van der Waals surface area (Å²) in [6.45, 7) is 0.903. The lowest BCUT2D eigenvalue weighted by Gasteiger charge is -2.15. The van der Waals surface area contributed by atoms with Gasteiger partial charge in [-0.2, -0.15) is 5.10 Å². The normalized spacial score (nSPS) is 27.0. The van der Waals surface area contributed by atoms with Crippen LogP contribution in [0.25, 0.3) is 0 Å². The monoisotopic (exact) mass is 248 g/mol. The molecule has 6 heteroatoms. The highest BCUT2D eigenvalue weighted by Crippen LogP contribution is 2.39. The second kappa shape index (κ2) is 4.12. The predicted octanol–water partition coefficient (Wildman–Crippen LogP) is 0.250. The van der Waals surface area contributed by atoms with Gasteiger partial charge in [-0.25, -0.2) is 0 Å². The van der Waals surface area contributed by atoms with Crippen LogP contribution in [0.1, 0.15) is 19.3 Å². The highest BCUT2D eigenvalue weighted by Gasteiger charge is 2.49. The molecule has 1 saturated carbocycles. The molecule has 3 rings (SSSR count). The van der Waals surface area contributed by atoms with Gasteiger partial charge in [0.25, 0.3) is 0 Å². The number of anilines is 1. The summed E-state index contributed by atoms with van der Waals surface area (Å²) in [7, 11) is 0. The summed E-state index contributed by atoms with van der Waals surface area (Å²) in [5.74, 6) is 0.344. The number of hydrogen-bond donors (Lipinski definition) is 1. The molecule has 96 valence electrons. The van der Waals surface area contributed by atoms with E-state index in [-0.39, 0.29) is 23.7 Å². The molecule has 0 aromatic carbocycles. The Morgan fingerprint density at radius 3 is 2.44 bits per heavy atom. The van der Waals surface area contributed by atoms with Gasteiger partial charge in [-0.3, -0.25) is 19.2 Å². The van der Waals surface area contributed by atoms with Crippen LogP contribution < -0.4 is 5.73 Å². The molecule has 2 amide bonds. The lowest BCUT2D eigenvalue weighted by Crippen LogP contribution is -2.34. The molecule has 0 radical (unpaired) electrons. The first-order valence-corrected chi connectivity index (χ1v) is 6.31. The van der Waals surface area contributed by atoms with Crippen molar-refractivity contribution < 1.29 is 9.59 Å². The zero-order valence-corrected chi connectivity index (χ0v) is 10.1. The van der Waals surface area contributed by atoms with Gasteiger partial charge in [0, 0.05) is 12.7 Å². The average molecular weight is 248 g/mol. The first kappa shape index (κ1) is 11.3. The zero-order chi connectivity index (χ0) is 12.7. The van der Waals surface area contributed by atoms with E-state index in [1.165, 1.54) is 4.90 Å². The quantitative estimate of drug-likeness (QED) is 0.777. The molecule has 2 heterocycles. The molecule has 1 saturated heterocycles. The first-order valence-electron chi connectivity index (χ1n) is 6.31. The molecular weight excluding hydrogens is 232 g/mol. The molecule has 2 N–H and O–H groups in total. The van der Waals surface area contributed by atoms with Gasteiger partial charge in [0.05, 0.1) is 18.4 Å². The average Bonchev–Trinajstić information content (AvgIpc) is 3.00. The molecule has 18 heavy (non-hydrogen) atoms. The second-order valence-corrected chi connectivity index (χ2v) is 4.98. The third-order valence-corrected chi connectivity index (χ3v) is 3.90. The van der Waals surface area contributed by atoms with E-state index in [2.05, 4.69) is 5.10 Å². The van der Waals surface area contributed by atoms with Crippen LogP contribution in [-0.2, 0) is 16.1 Å². The van der Waals surface area contributed by atoms with E-state index in [0.717, 1.165) is 19.3 Å². The van der Waals surface area contributed by atoms with Crippen LogP contribution in [0.5, 0.6) is 0 Å². The van der Waals surface area contributed by atoms with Crippen molar-refractivity contribution in [2.45, 2.75) is 25.8 Å². The summed E-state index contributed by atoms with van der Waals surface area (Å²) in [6.07, 6.45) is 4.47. The van der Waals surface area contributed by atoms with Gasteiger partial charge < -0.3 is 5.73 Å². The lowest BCUT2D eigenvalue weighted by atomic mass is 10.00. The number of nitrogen functional groups attached to an aromatic ring is 1. The van der Waals surface area contributed by atoms with E-state index in [9.17, 15) is 9.59 Å². The molecule has 6 nitrogen and oxygen atoms in total. The fourth-order valence-electron chi connectivity index (χ4n) is 2.98. The van der Waals surface area contributed by atoms with Crippen molar-refractivity contribution in [3.8, 4) is 0 Å². The van der Waals surface area contributed by atoms with Crippen molar-refractivity contribution in [1.29, 1.82) is 0 Å². The fourth-order valence-corrected chi connectivity index (χ4v) is 2.98. The van der Waals surface area contributed by atoms with Gasteiger partial charge in [0.1, 0.15) is 5.82 Å².